The van der Waals surface area contributed by atoms with Crippen LogP contribution in [0.25, 0.3) is 0 Å². The summed E-state index contributed by atoms with van der Waals surface area (Å²) in [6.07, 6.45) is -3.19. The van der Waals surface area contributed by atoms with Crippen LogP contribution >= 0.6 is 0 Å². The fourth-order valence-electron chi connectivity index (χ4n) is 3.57. The van der Waals surface area contributed by atoms with Gasteiger partial charge in [-0.15, -0.1) is 0 Å². The van der Waals surface area contributed by atoms with Gasteiger partial charge < -0.3 is 9.84 Å². The lowest BCUT2D eigenvalue weighted by Gasteiger charge is -2.41. The highest BCUT2D eigenvalue weighted by atomic mass is 19.4. The Labute approximate surface area is 143 Å². The molecule has 6 nitrogen and oxygen atoms in total. The molecule has 2 rings (SSSR count). The van der Waals surface area contributed by atoms with Crippen LogP contribution in [0.1, 0.15) is 62.1 Å². The van der Waals surface area contributed by atoms with Gasteiger partial charge in [-0.05, 0) is 31.6 Å². The number of carboxylic acid groups (broad SMARTS) is 1. The molecule has 0 aliphatic heterocycles. The summed E-state index contributed by atoms with van der Waals surface area (Å²) in [6.45, 7) is 5.54. The van der Waals surface area contributed by atoms with Crippen molar-refractivity contribution in [2.45, 2.75) is 52.3 Å². The first-order valence-electron chi connectivity index (χ1n) is 8.03. The monoisotopic (exact) mass is 362 g/mol. The molecule has 2 atom stereocenters. The van der Waals surface area contributed by atoms with E-state index in [2.05, 4.69) is 5.10 Å². The van der Waals surface area contributed by atoms with Crippen LogP contribution in [0.4, 0.5) is 13.2 Å². The minimum absolute atomic E-state index is 0.244. The molecule has 0 aromatic carbocycles. The standard InChI is InChI=1S/C16H21F3N2O4/c1-4-25-14(24)11-6-5-9(7-15(11,2)3)21-12(16(17,18)19)10(8-20-21)13(22)23/h8-9,11H,4-7H2,1-3H3,(H,22,23)/t9-,11+/m0/s1. The Kier molecular flexibility index (Phi) is 5.15. The summed E-state index contributed by atoms with van der Waals surface area (Å²) < 4.78 is 45.9. The van der Waals surface area contributed by atoms with Gasteiger partial charge in [0.2, 0.25) is 0 Å². The first kappa shape index (κ1) is 19.3. The number of halogens is 3. The molecule has 25 heavy (non-hydrogen) atoms. The number of esters is 1. The van der Waals surface area contributed by atoms with Gasteiger partial charge >= 0.3 is 18.1 Å². The lowest BCUT2D eigenvalue weighted by Crippen LogP contribution is -2.39. The number of aromatic carboxylic acids is 1. The molecule has 0 bridgehead atoms. The van der Waals surface area contributed by atoms with Gasteiger partial charge in [0.05, 0.1) is 24.8 Å². The Morgan fingerprint density at radius 2 is 2.04 bits per heavy atom. The Hall–Kier alpha value is -2.06. The van der Waals surface area contributed by atoms with Crippen LogP contribution in [0.2, 0.25) is 0 Å². The predicted octanol–water partition coefficient (Wildman–Crippen LogP) is 3.53. The molecule has 0 amide bonds. The summed E-state index contributed by atoms with van der Waals surface area (Å²) in [7, 11) is 0. The van der Waals surface area contributed by atoms with E-state index >= 15 is 0 Å². The van der Waals surface area contributed by atoms with Gasteiger partial charge in [-0.3, -0.25) is 9.48 Å². The van der Waals surface area contributed by atoms with Gasteiger partial charge in [-0.25, -0.2) is 4.79 Å². The number of carbonyl (C=O) groups excluding carboxylic acids is 1. The van der Waals surface area contributed by atoms with E-state index in [4.69, 9.17) is 9.84 Å². The van der Waals surface area contributed by atoms with Crippen LogP contribution in [-0.2, 0) is 15.7 Å². The normalized spacial score (nSPS) is 23.3. The topological polar surface area (TPSA) is 81.4 Å². The molecule has 0 spiro atoms. The van der Waals surface area contributed by atoms with Crippen LogP contribution in [-0.4, -0.2) is 33.4 Å². The van der Waals surface area contributed by atoms with Gasteiger partial charge in [-0.2, -0.15) is 18.3 Å². The van der Waals surface area contributed by atoms with E-state index in [0.29, 0.717) is 6.42 Å². The summed E-state index contributed by atoms with van der Waals surface area (Å²) in [4.78, 5) is 23.2. The lowest BCUT2D eigenvalue weighted by atomic mass is 9.67. The predicted molar refractivity (Wildman–Crippen MR) is 81.0 cm³/mol. The van der Waals surface area contributed by atoms with E-state index in [1.54, 1.807) is 20.8 Å². The summed E-state index contributed by atoms with van der Waals surface area (Å²) in [5.74, 6) is -2.43. The van der Waals surface area contributed by atoms with E-state index < -0.39 is 40.8 Å². The molecule has 1 heterocycles. The molecule has 1 aliphatic carbocycles. The first-order chi connectivity index (χ1) is 11.5. The molecule has 1 fully saturated rings. The summed E-state index contributed by atoms with van der Waals surface area (Å²) >= 11 is 0. The van der Waals surface area contributed by atoms with Crippen molar-refractivity contribution in [3.8, 4) is 0 Å². The van der Waals surface area contributed by atoms with Crippen molar-refractivity contribution in [2.75, 3.05) is 6.61 Å². The van der Waals surface area contributed by atoms with Crippen LogP contribution in [0.5, 0.6) is 0 Å². The molecule has 1 aliphatic rings. The molecule has 0 radical (unpaired) electrons. The van der Waals surface area contributed by atoms with Gasteiger partial charge in [0.15, 0.2) is 5.69 Å². The van der Waals surface area contributed by atoms with E-state index in [0.717, 1.165) is 10.9 Å². The zero-order valence-corrected chi connectivity index (χ0v) is 14.3. The smallest absolute Gasteiger partial charge is 0.433 e. The molecule has 1 saturated carbocycles. The van der Waals surface area contributed by atoms with Crippen LogP contribution < -0.4 is 0 Å². The van der Waals surface area contributed by atoms with Gasteiger partial charge in [0.1, 0.15) is 5.56 Å². The lowest BCUT2D eigenvalue weighted by molar-refractivity contribution is -0.156. The zero-order chi connectivity index (χ0) is 19.0. The molecule has 1 aromatic heterocycles. The second kappa shape index (κ2) is 6.68. The molecule has 1 N–H and O–H groups in total. The van der Waals surface area contributed by atoms with Crippen molar-refractivity contribution in [3.05, 3.63) is 17.5 Å². The van der Waals surface area contributed by atoms with Gasteiger partial charge in [-0.1, -0.05) is 13.8 Å². The molecule has 9 heteroatoms. The third-order valence-corrected chi connectivity index (χ3v) is 4.70. The van der Waals surface area contributed by atoms with Crippen molar-refractivity contribution in [2.24, 2.45) is 11.3 Å². The maximum Gasteiger partial charge on any atom is 0.433 e. The third-order valence-electron chi connectivity index (χ3n) is 4.70. The number of aromatic nitrogens is 2. The van der Waals surface area contributed by atoms with Crippen molar-refractivity contribution < 1.29 is 32.6 Å². The second-order valence-electron chi connectivity index (χ2n) is 6.88. The second-order valence-corrected chi connectivity index (χ2v) is 6.88. The van der Waals surface area contributed by atoms with Crippen LogP contribution in [0.15, 0.2) is 6.20 Å². The summed E-state index contributed by atoms with van der Waals surface area (Å²) in [5, 5.41) is 12.7. The zero-order valence-electron chi connectivity index (χ0n) is 14.3. The summed E-state index contributed by atoms with van der Waals surface area (Å²) in [5.41, 5.74) is -2.71. The Morgan fingerprint density at radius 3 is 2.52 bits per heavy atom. The first-order valence-corrected chi connectivity index (χ1v) is 8.03. The molecule has 1 aromatic rings. The maximum absolute atomic E-state index is 13.4. The number of carboxylic acids is 1. The Morgan fingerprint density at radius 1 is 1.40 bits per heavy atom. The fourth-order valence-corrected chi connectivity index (χ4v) is 3.57. The highest BCUT2D eigenvalue weighted by molar-refractivity contribution is 5.88. The summed E-state index contributed by atoms with van der Waals surface area (Å²) in [6, 6.07) is -0.634. The number of hydrogen-bond acceptors (Lipinski definition) is 4. The molecule has 0 saturated heterocycles. The Balaban J connectivity index is 2.34. The number of carbonyl (C=O) groups is 2. The van der Waals surface area contributed by atoms with Crippen molar-refractivity contribution in [3.63, 3.8) is 0 Å². The van der Waals surface area contributed by atoms with Crippen molar-refractivity contribution >= 4 is 11.9 Å². The minimum atomic E-state index is -4.83. The average Bonchev–Trinajstić information content (AvgIpc) is 2.91. The molecule has 0 unspecified atom stereocenters. The van der Waals surface area contributed by atoms with Gasteiger partial charge in [0, 0.05) is 0 Å². The molecular formula is C16H21F3N2O4. The number of hydrogen-bond donors (Lipinski definition) is 1. The number of rotatable bonds is 4. The maximum atomic E-state index is 13.4. The SMILES string of the molecule is CCOC(=O)[C@H]1CC[C@H](n2ncc(C(=O)O)c2C(F)(F)F)CC1(C)C. The van der Waals surface area contributed by atoms with E-state index in [1.807, 2.05) is 0 Å². The van der Waals surface area contributed by atoms with Crippen molar-refractivity contribution in [1.82, 2.24) is 9.78 Å². The third kappa shape index (κ3) is 3.80. The van der Waals surface area contributed by atoms with E-state index in [9.17, 15) is 22.8 Å². The largest absolute Gasteiger partial charge is 0.478 e. The van der Waals surface area contributed by atoms with Crippen LogP contribution in [0, 0.1) is 11.3 Å². The van der Waals surface area contributed by atoms with Gasteiger partial charge in [0.25, 0.3) is 0 Å². The minimum Gasteiger partial charge on any atom is -0.478 e. The highest BCUT2D eigenvalue weighted by Gasteiger charge is 2.46. The van der Waals surface area contributed by atoms with E-state index in [-0.39, 0.29) is 25.4 Å². The van der Waals surface area contributed by atoms with E-state index in [1.165, 1.54) is 0 Å². The molecule has 140 valence electrons. The number of alkyl halides is 3. The fraction of sp³-hybridized carbons (Fsp3) is 0.688. The van der Waals surface area contributed by atoms with Crippen LogP contribution in [0.3, 0.4) is 0 Å². The molecular weight excluding hydrogens is 341 g/mol. The Bertz CT molecular complexity index is 667. The van der Waals surface area contributed by atoms with Crippen molar-refractivity contribution in [1.29, 1.82) is 0 Å². The quantitative estimate of drug-likeness (QED) is 0.829. The highest BCUT2D eigenvalue weighted by Crippen LogP contribution is 2.47. The number of nitrogens with zero attached hydrogens (tertiary/aromatic N) is 2. The average molecular weight is 362 g/mol. The number of ether oxygens (including phenoxy) is 1.